The summed E-state index contributed by atoms with van der Waals surface area (Å²) in [7, 11) is 3.11. The minimum absolute atomic E-state index is 0.163. The number of carbonyl (C=O) groups excluding carboxylic acids is 2. The Morgan fingerprint density at radius 3 is 2.17 bits per heavy atom. The molecule has 0 N–H and O–H groups in total. The summed E-state index contributed by atoms with van der Waals surface area (Å²) in [6, 6.07) is 13.1. The SMILES string of the molecule is COc1ccc(C2=C(SC(C)C)C(=O)N(Cc3ccc(C)cc3)C2=O)cc1OC. The first kappa shape index (κ1) is 21.0. The number of imide groups is 1. The van der Waals surface area contributed by atoms with E-state index in [0.29, 0.717) is 27.5 Å². The Morgan fingerprint density at radius 2 is 1.59 bits per heavy atom. The van der Waals surface area contributed by atoms with E-state index in [1.807, 2.05) is 45.0 Å². The molecule has 0 bridgehead atoms. The van der Waals surface area contributed by atoms with Crippen molar-refractivity contribution in [3.8, 4) is 11.5 Å². The van der Waals surface area contributed by atoms with E-state index >= 15 is 0 Å². The second-order valence-electron chi connectivity index (χ2n) is 7.12. The summed E-state index contributed by atoms with van der Waals surface area (Å²) in [5.74, 6) is 0.553. The molecule has 6 heteroatoms. The highest BCUT2D eigenvalue weighted by atomic mass is 32.2. The second-order valence-corrected chi connectivity index (χ2v) is 8.71. The van der Waals surface area contributed by atoms with E-state index in [2.05, 4.69) is 0 Å². The summed E-state index contributed by atoms with van der Waals surface area (Å²) in [6.07, 6.45) is 0. The number of hydrogen-bond acceptors (Lipinski definition) is 5. The first-order valence-corrected chi connectivity index (χ1v) is 10.3. The Bertz CT molecular complexity index is 963. The lowest BCUT2D eigenvalue weighted by molar-refractivity contribution is -0.137. The van der Waals surface area contributed by atoms with Crippen LogP contribution in [0.25, 0.3) is 5.57 Å². The van der Waals surface area contributed by atoms with Gasteiger partial charge in [0.2, 0.25) is 0 Å². The summed E-state index contributed by atoms with van der Waals surface area (Å²) in [5.41, 5.74) is 3.12. The van der Waals surface area contributed by atoms with Crippen molar-refractivity contribution < 1.29 is 19.1 Å². The lowest BCUT2D eigenvalue weighted by Gasteiger charge is -2.16. The molecule has 0 radical (unpaired) electrons. The van der Waals surface area contributed by atoms with E-state index in [-0.39, 0.29) is 23.6 Å². The molecule has 3 rings (SSSR count). The monoisotopic (exact) mass is 411 g/mol. The molecule has 5 nitrogen and oxygen atoms in total. The minimum Gasteiger partial charge on any atom is -0.493 e. The van der Waals surface area contributed by atoms with Gasteiger partial charge in [0, 0.05) is 5.25 Å². The highest BCUT2D eigenvalue weighted by molar-refractivity contribution is 8.04. The van der Waals surface area contributed by atoms with Gasteiger partial charge in [0.1, 0.15) is 0 Å². The fraction of sp³-hybridized carbons (Fsp3) is 0.304. The van der Waals surface area contributed by atoms with Crippen molar-refractivity contribution in [2.45, 2.75) is 32.6 Å². The molecule has 1 heterocycles. The molecular formula is C23H25NO4S. The zero-order chi connectivity index (χ0) is 21.1. The van der Waals surface area contributed by atoms with Gasteiger partial charge in [-0.1, -0.05) is 49.7 Å². The fourth-order valence-corrected chi connectivity index (χ4v) is 4.17. The third kappa shape index (κ3) is 4.32. The van der Waals surface area contributed by atoms with E-state index < -0.39 is 0 Å². The summed E-state index contributed by atoms with van der Waals surface area (Å²) in [5, 5.41) is 0.163. The Labute approximate surface area is 175 Å². The predicted octanol–water partition coefficient (Wildman–Crippen LogP) is 4.43. The van der Waals surface area contributed by atoms with Crippen molar-refractivity contribution >= 4 is 29.1 Å². The molecule has 2 aromatic carbocycles. The molecule has 0 saturated carbocycles. The molecule has 1 aliphatic heterocycles. The third-order valence-corrected chi connectivity index (χ3v) is 5.70. The first-order chi connectivity index (χ1) is 13.8. The van der Waals surface area contributed by atoms with Crippen LogP contribution < -0.4 is 9.47 Å². The van der Waals surface area contributed by atoms with Crippen molar-refractivity contribution in [1.82, 2.24) is 4.90 Å². The number of ether oxygens (including phenoxy) is 2. The molecule has 0 saturated heterocycles. The summed E-state index contributed by atoms with van der Waals surface area (Å²) in [4.78, 5) is 28.2. The van der Waals surface area contributed by atoms with E-state index in [4.69, 9.17) is 9.47 Å². The number of benzene rings is 2. The van der Waals surface area contributed by atoms with Crippen LogP contribution in [0.1, 0.15) is 30.5 Å². The molecule has 152 valence electrons. The van der Waals surface area contributed by atoms with Crippen molar-refractivity contribution in [2.24, 2.45) is 0 Å². The third-order valence-electron chi connectivity index (χ3n) is 4.61. The zero-order valence-corrected chi connectivity index (χ0v) is 18.1. The van der Waals surface area contributed by atoms with Crippen molar-refractivity contribution in [3.63, 3.8) is 0 Å². The molecule has 0 aliphatic carbocycles. The summed E-state index contributed by atoms with van der Waals surface area (Å²) in [6.45, 7) is 6.26. The maximum Gasteiger partial charge on any atom is 0.268 e. The first-order valence-electron chi connectivity index (χ1n) is 9.40. The van der Waals surface area contributed by atoms with Crippen LogP contribution >= 0.6 is 11.8 Å². The molecule has 29 heavy (non-hydrogen) atoms. The molecule has 0 atom stereocenters. The van der Waals surface area contributed by atoms with E-state index in [1.54, 1.807) is 32.4 Å². The number of hydrogen-bond donors (Lipinski definition) is 0. The fourth-order valence-electron chi connectivity index (χ4n) is 3.16. The van der Waals surface area contributed by atoms with Crippen LogP contribution in [0.15, 0.2) is 47.4 Å². The molecule has 0 unspecified atom stereocenters. The van der Waals surface area contributed by atoms with Crippen molar-refractivity contribution in [1.29, 1.82) is 0 Å². The van der Waals surface area contributed by atoms with Gasteiger partial charge in [0.15, 0.2) is 11.5 Å². The normalized spacial score (nSPS) is 14.2. The number of thioether (sulfide) groups is 1. The maximum atomic E-state index is 13.3. The maximum absolute atomic E-state index is 13.3. The van der Waals surface area contributed by atoms with Crippen LogP contribution in [0, 0.1) is 6.92 Å². The quantitative estimate of drug-likeness (QED) is 0.631. The predicted molar refractivity (Wildman–Crippen MR) is 116 cm³/mol. The van der Waals surface area contributed by atoms with Gasteiger partial charge in [0.05, 0.1) is 31.2 Å². The smallest absolute Gasteiger partial charge is 0.268 e. The Balaban J connectivity index is 2.02. The van der Waals surface area contributed by atoms with Gasteiger partial charge in [-0.2, -0.15) is 0 Å². The molecule has 2 aromatic rings. The number of carbonyl (C=O) groups is 2. The lowest BCUT2D eigenvalue weighted by atomic mass is 10.1. The van der Waals surface area contributed by atoms with Gasteiger partial charge < -0.3 is 9.47 Å². The Morgan fingerprint density at radius 1 is 0.931 bits per heavy atom. The standard InChI is InChI=1S/C23H25NO4S/c1-14(2)29-21-20(17-10-11-18(27-4)19(12-17)28-5)22(25)24(23(21)26)13-16-8-6-15(3)7-9-16/h6-12,14H,13H2,1-5H3. The van der Waals surface area contributed by atoms with Gasteiger partial charge in [-0.15, -0.1) is 11.8 Å². The highest BCUT2D eigenvalue weighted by Gasteiger charge is 2.39. The molecular weight excluding hydrogens is 386 g/mol. The van der Waals surface area contributed by atoms with Crippen LogP contribution in [0.5, 0.6) is 11.5 Å². The molecule has 1 aliphatic rings. The van der Waals surface area contributed by atoms with Gasteiger partial charge >= 0.3 is 0 Å². The van der Waals surface area contributed by atoms with Gasteiger partial charge in [-0.05, 0) is 30.2 Å². The zero-order valence-electron chi connectivity index (χ0n) is 17.3. The highest BCUT2D eigenvalue weighted by Crippen LogP contribution is 2.40. The lowest BCUT2D eigenvalue weighted by Crippen LogP contribution is -2.31. The van der Waals surface area contributed by atoms with Crippen LogP contribution in [0.2, 0.25) is 0 Å². The van der Waals surface area contributed by atoms with E-state index in [0.717, 1.165) is 11.1 Å². The topological polar surface area (TPSA) is 55.8 Å². The Kier molecular flexibility index (Phi) is 6.33. The average molecular weight is 412 g/mol. The number of aryl methyl sites for hydroxylation is 1. The minimum atomic E-state index is -0.286. The van der Waals surface area contributed by atoms with E-state index in [1.165, 1.54) is 16.7 Å². The van der Waals surface area contributed by atoms with Crippen LogP contribution in [-0.2, 0) is 16.1 Å². The second kappa shape index (κ2) is 8.74. The molecule has 0 aromatic heterocycles. The number of rotatable bonds is 7. The van der Waals surface area contributed by atoms with Crippen LogP contribution in [0.3, 0.4) is 0 Å². The van der Waals surface area contributed by atoms with Crippen LogP contribution in [-0.4, -0.2) is 36.2 Å². The number of nitrogens with zero attached hydrogens (tertiary/aromatic N) is 1. The van der Waals surface area contributed by atoms with Crippen molar-refractivity contribution in [2.75, 3.05) is 14.2 Å². The van der Waals surface area contributed by atoms with E-state index in [9.17, 15) is 9.59 Å². The molecule has 0 fully saturated rings. The molecule has 2 amide bonds. The average Bonchev–Trinajstić information content (AvgIpc) is 2.92. The number of methoxy groups -OCH3 is 2. The van der Waals surface area contributed by atoms with Gasteiger partial charge in [0.25, 0.3) is 11.8 Å². The largest absolute Gasteiger partial charge is 0.493 e. The molecule has 0 spiro atoms. The Hall–Kier alpha value is -2.73. The summed E-state index contributed by atoms with van der Waals surface area (Å²) >= 11 is 1.41. The number of amides is 2. The van der Waals surface area contributed by atoms with Crippen LogP contribution in [0.4, 0.5) is 0 Å². The van der Waals surface area contributed by atoms with Crippen molar-refractivity contribution in [3.05, 3.63) is 64.1 Å². The van der Waals surface area contributed by atoms with Gasteiger partial charge in [-0.3, -0.25) is 14.5 Å². The van der Waals surface area contributed by atoms with Gasteiger partial charge in [-0.25, -0.2) is 0 Å². The summed E-state index contributed by atoms with van der Waals surface area (Å²) < 4.78 is 10.7.